The molecule has 0 aliphatic carbocycles. The number of hydrogen-bond acceptors (Lipinski definition) is 2. The molecule has 4 nitrogen and oxygen atoms in total. The first-order valence-electron chi connectivity index (χ1n) is 6.37. The summed E-state index contributed by atoms with van der Waals surface area (Å²) in [6, 6.07) is 5.44. The second kappa shape index (κ2) is 9.12. The standard InChI is InChI=1S/C14H23FN4.HI/c1-10(2)18-14(16)17-8-11-5-6-12(9-19(3)4)13(15)7-11;/h5-7,10H,8-9H2,1-4H3,(H3,16,17,18);1H. The first-order chi connectivity index (χ1) is 8.88. The minimum Gasteiger partial charge on any atom is -0.370 e. The number of nitrogens with one attached hydrogen (secondary N) is 1. The van der Waals surface area contributed by atoms with Crippen molar-refractivity contribution < 1.29 is 4.39 Å². The molecule has 1 rings (SSSR count). The predicted octanol–water partition coefficient (Wildman–Crippen LogP) is 2.32. The van der Waals surface area contributed by atoms with Crippen LogP contribution in [0.2, 0.25) is 0 Å². The molecule has 1 aromatic carbocycles. The van der Waals surface area contributed by atoms with Crippen molar-refractivity contribution in [2.24, 2.45) is 10.7 Å². The Bertz CT molecular complexity index is 447. The number of rotatable bonds is 5. The molecule has 0 aliphatic heterocycles. The molecule has 20 heavy (non-hydrogen) atoms. The highest BCUT2D eigenvalue weighted by atomic mass is 127. The van der Waals surface area contributed by atoms with Crippen LogP contribution in [0.3, 0.4) is 0 Å². The van der Waals surface area contributed by atoms with Gasteiger partial charge in [-0.25, -0.2) is 9.38 Å². The van der Waals surface area contributed by atoms with Gasteiger partial charge >= 0.3 is 0 Å². The van der Waals surface area contributed by atoms with Crippen LogP contribution in [-0.4, -0.2) is 31.0 Å². The predicted molar refractivity (Wildman–Crippen MR) is 92.8 cm³/mol. The Labute approximate surface area is 137 Å². The lowest BCUT2D eigenvalue weighted by Crippen LogP contribution is -2.36. The average Bonchev–Trinajstić information content (AvgIpc) is 2.28. The van der Waals surface area contributed by atoms with E-state index in [1.807, 2.05) is 38.9 Å². The first kappa shape index (κ1) is 19.1. The molecular weight excluding hydrogens is 370 g/mol. The Morgan fingerprint density at radius 3 is 2.55 bits per heavy atom. The summed E-state index contributed by atoms with van der Waals surface area (Å²) in [5, 5.41) is 2.99. The Balaban J connectivity index is 0.00000361. The van der Waals surface area contributed by atoms with Gasteiger partial charge in [0, 0.05) is 18.2 Å². The molecule has 0 saturated carbocycles. The van der Waals surface area contributed by atoms with Crippen LogP contribution < -0.4 is 11.1 Å². The molecule has 114 valence electrons. The van der Waals surface area contributed by atoms with E-state index in [-0.39, 0.29) is 35.8 Å². The largest absolute Gasteiger partial charge is 0.370 e. The Hall–Kier alpha value is -0.890. The van der Waals surface area contributed by atoms with Crippen LogP contribution in [0.15, 0.2) is 23.2 Å². The third-order valence-corrected chi connectivity index (χ3v) is 2.47. The van der Waals surface area contributed by atoms with E-state index in [1.165, 1.54) is 6.07 Å². The zero-order valence-corrected chi connectivity index (χ0v) is 14.8. The molecule has 0 amide bonds. The minimum absolute atomic E-state index is 0. The quantitative estimate of drug-likeness (QED) is 0.458. The summed E-state index contributed by atoms with van der Waals surface area (Å²) in [6.07, 6.45) is 0. The van der Waals surface area contributed by atoms with Gasteiger partial charge in [0.1, 0.15) is 5.82 Å². The monoisotopic (exact) mass is 394 g/mol. The minimum atomic E-state index is -0.197. The van der Waals surface area contributed by atoms with Gasteiger partial charge in [0.25, 0.3) is 0 Å². The normalized spacial score (nSPS) is 11.7. The maximum Gasteiger partial charge on any atom is 0.189 e. The van der Waals surface area contributed by atoms with Crippen molar-refractivity contribution in [3.05, 3.63) is 35.1 Å². The lowest BCUT2D eigenvalue weighted by Gasteiger charge is -2.11. The second-order valence-corrected chi connectivity index (χ2v) is 5.16. The van der Waals surface area contributed by atoms with Gasteiger partial charge in [-0.3, -0.25) is 0 Å². The number of benzene rings is 1. The molecule has 0 bridgehead atoms. The highest BCUT2D eigenvalue weighted by Crippen LogP contribution is 2.12. The molecular formula is C14H24FIN4. The number of nitrogens with zero attached hydrogens (tertiary/aromatic N) is 2. The average molecular weight is 394 g/mol. The van der Waals surface area contributed by atoms with Crippen LogP contribution in [0.4, 0.5) is 4.39 Å². The molecule has 0 aliphatic rings. The summed E-state index contributed by atoms with van der Waals surface area (Å²) in [4.78, 5) is 6.10. The lowest BCUT2D eigenvalue weighted by atomic mass is 10.1. The van der Waals surface area contributed by atoms with E-state index >= 15 is 0 Å². The van der Waals surface area contributed by atoms with Gasteiger partial charge in [-0.1, -0.05) is 12.1 Å². The first-order valence-corrected chi connectivity index (χ1v) is 6.37. The number of guanidine groups is 1. The summed E-state index contributed by atoms with van der Waals surface area (Å²) in [5.41, 5.74) is 7.19. The number of aliphatic imine (C=N–C) groups is 1. The molecule has 0 saturated heterocycles. The lowest BCUT2D eigenvalue weighted by molar-refractivity contribution is 0.392. The van der Waals surface area contributed by atoms with Crippen molar-refractivity contribution in [3.63, 3.8) is 0 Å². The Kier molecular flexibility index (Phi) is 8.71. The molecule has 0 unspecified atom stereocenters. The second-order valence-electron chi connectivity index (χ2n) is 5.16. The van der Waals surface area contributed by atoms with Crippen LogP contribution in [0.1, 0.15) is 25.0 Å². The number of halogens is 2. The van der Waals surface area contributed by atoms with Crippen molar-refractivity contribution in [1.82, 2.24) is 10.2 Å². The molecule has 0 aromatic heterocycles. The highest BCUT2D eigenvalue weighted by Gasteiger charge is 2.04. The smallest absolute Gasteiger partial charge is 0.189 e. The van der Waals surface area contributed by atoms with Crippen molar-refractivity contribution >= 4 is 29.9 Å². The number of nitrogens with two attached hydrogens (primary N) is 1. The summed E-state index contributed by atoms with van der Waals surface area (Å²) >= 11 is 0. The van der Waals surface area contributed by atoms with Gasteiger partial charge < -0.3 is 16.0 Å². The van der Waals surface area contributed by atoms with E-state index in [0.717, 1.165) is 5.56 Å². The van der Waals surface area contributed by atoms with Crippen LogP contribution in [0.5, 0.6) is 0 Å². The fourth-order valence-electron chi connectivity index (χ4n) is 1.68. The van der Waals surface area contributed by atoms with Gasteiger partial charge in [-0.15, -0.1) is 24.0 Å². The molecule has 0 fully saturated rings. The molecule has 0 radical (unpaired) electrons. The van der Waals surface area contributed by atoms with Gasteiger partial charge in [-0.2, -0.15) is 0 Å². The summed E-state index contributed by atoms with van der Waals surface area (Å²) < 4.78 is 13.8. The van der Waals surface area contributed by atoms with E-state index in [4.69, 9.17) is 5.73 Å². The molecule has 6 heteroatoms. The summed E-state index contributed by atoms with van der Waals surface area (Å²) in [6.45, 7) is 4.94. The molecule has 0 heterocycles. The van der Waals surface area contributed by atoms with Gasteiger partial charge in [0.05, 0.1) is 6.54 Å². The Morgan fingerprint density at radius 2 is 2.05 bits per heavy atom. The molecule has 1 aromatic rings. The topological polar surface area (TPSA) is 53.6 Å². The van der Waals surface area contributed by atoms with E-state index in [1.54, 1.807) is 6.07 Å². The summed E-state index contributed by atoms with van der Waals surface area (Å²) in [7, 11) is 3.83. The van der Waals surface area contributed by atoms with Crippen molar-refractivity contribution in [2.45, 2.75) is 33.0 Å². The van der Waals surface area contributed by atoms with E-state index in [0.29, 0.717) is 24.6 Å². The molecule has 3 N–H and O–H groups in total. The van der Waals surface area contributed by atoms with Gasteiger partial charge in [0.2, 0.25) is 0 Å². The van der Waals surface area contributed by atoms with E-state index in [2.05, 4.69) is 10.3 Å². The zero-order chi connectivity index (χ0) is 14.4. The molecule has 0 atom stereocenters. The maximum atomic E-state index is 13.8. The van der Waals surface area contributed by atoms with Crippen LogP contribution in [0, 0.1) is 5.82 Å². The van der Waals surface area contributed by atoms with Crippen LogP contribution in [0.25, 0.3) is 0 Å². The van der Waals surface area contributed by atoms with Crippen molar-refractivity contribution in [2.75, 3.05) is 14.1 Å². The SMILES string of the molecule is CC(C)NC(N)=NCc1ccc(CN(C)C)c(F)c1.I. The third kappa shape index (κ3) is 7.04. The van der Waals surface area contributed by atoms with Gasteiger partial charge in [0.15, 0.2) is 5.96 Å². The fraction of sp³-hybridized carbons (Fsp3) is 0.500. The van der Waals surface area contributed by atoms with E-state index in [9.17, 15) is 4.39 Å². The van der Waals surface area contributed by atoms with E-state index < -0.39 is 0 Å². The van der Waals surface area contributed by atoms with Crippen LogP contribution in [-0.2, 0) is 13.1 Å². The number of hydrogen-bond donors (Lipinski definition) is 2. The zero-order valence-electron chi connectivity index (χ0n) is 12.5. The van der Waals surface area contributed by atoms with Crippen molar-refractivity contribution in [1.29, 1.82) is 0 Å². The molecule has 0 spiro atoms. The Morgan fingerprint density at radius 1 is 1.40 bits per heavy atom. The fourth-order valence-corrected chi connectivity index (χ4v) is 1.68. The third-order valence-electron chi connectivity index (χ3n) is 2.47. The van der Waals surface area contributed by atoms with Crippen LogP contribution >= 0.6 is 24.0 Å². The highest BCUT2D eigenvalue weighted by molar-refractivity contribution is 14.0. The van der Waals surface area contributed by atoms with Crippen molar-refractivity contribution in [3.8, 4) is 0 Å². The summed E-state index contributed by atoms with van der Waals surface area (Å²) in [5.74, 6) is 0.185. The maximum absolute atomic E-state index is 13.8. The van der Waals surface area contributed by atoms with Gasteiger partial charge in [-0.05, 0) is 39.6 Å².